The summed E-state index contributed by atoms with van der Waals surface area (Å²) < 4.78 is 0. The first kappa shape index (κ1) is 52.3. The van der Waals surface area contributed by atoms with Gasteiger partial charge in [0.1, 0.15) is 0 Å². The molecule has 0 saturated heterocycles. The third kappa shape index (κ3) is 40.8. The van der Waals surface area contributed by atoms with Gasteiger partial charge in [-0.3, -0.25) is 4.79 Å². The van der Waals surface area contributed by atoms with Crippen LogP contribution in [0.3, 0.4) is 0 Å². The summed E-state index contributed by atoms with van der Waals surface area (Å²) in [5, 5.41) is 33.5. The summed E-state index contributed by atoms with van der Waals surface area (Å²) in [7, 11) is 0. The molecular formula is C48H97NO4. The zero-order valence-corrected chi connectivity index (χ0v) is 36.2. The van der Waals surface area contributed by atoms with E-state index in [0.29, 0.717) is 12.8 Å². The maximum atomic E-state index is 12.5. The van der Waals surface area contributed by atoms with E-state index < -0.39 is 18.2 Å². The van der Waals surface area contributed by atoms with E-state index in [4.69, 9.17) is 0 Å². The Morgan fingerprint density at radius 2 is 0.642 bits per heavy atom. The van der Waals surface area contributed by atoms with Crippen molar-refractivity contribution < 1.29 is 20.1 Å². The van der Waals surface area contributed by atoms with Gasteiger partial charge in [-0.2, -0.15) is 0 Å². The average molecular weight is 752 g/mol. The van der Waals surface area contributed by atoms with Crippen LogP contribution in [0.15, 0.2) is 0 Å². The van der Waals surface area contributed by atoms with Crippen LogP contribution < -0.4 is 5.32 Å². The number of carbonyl (C=O) groups excluding carboxylic acids is 1. The molecule has 0 rings (SSSR count). The molecule has 5 heteroatoms. The summed E-state index contributed by atoms with van der Waals surface area (Å²) in [6.07, 6.45) is 50.9. The van der Waals surface area contributed by atoms with Crippen molar-refractivity contribution in [3.8, 4) is 0 Å². The van der Waals surface area contributed by atoms with Gasteiger partial charge in [0.2, 0.25) is 5.91 Å². The van der Waals surface area contributed by atoms with Crippen LogP contribution in [0.4, 0.5) is 0 Å². The molecule has 1 amide bonds. The Balaban J connectivity index is 3.51. The minimum Gasteiger partial charge on any atom is -0.394 e. The first-order valence-electron chi connectivity index (χ1n) is 24.3. The lowest BCUT2D eigenvalue weighted by molar-refractivity contribution is -0.125. The topological polar surface area (TPSA) is 89.8 Å². The van der Waals surface area contributed by atoms with Crippen molar-refractivity contribution >= 4 is 5.91 Å². The van der Waals surface area contributed by atoms with Crippen molar-refractivity contribution in [2.45, 2.75) is 295 Å². The number of aliphatic hydroxyl groups is 3. The third-order valence-corrected chi connectivity index (χ3v) is 11.7. The number of unbranched alkanes of at least 4 members (excludes halogenated alkanes) is 36. The molecule has 0 aliphatic carbocycles. The fourth-order valence-electron chi connectivity index (χ4n) is 7.94. The van der Waals surface area contributed by atoms with E-state index in [1.54, 1.807) is 0 Å². The van der Waals surface area contributed by atoms with Crippen LogP contribution >= 0.6 is 0 Å². The Kier molecular flexibility index (Phi) is 43.5. The zero-order valence-electron chi connectivity index (χ0n) is 36.2. The van der Waals surface area contributed by atoms with Gasteiger partial charge in [-0.15, -0.1) is 0 Å². The molecule has 0 bridgehead atoms. The molecule has 0 aliphatic heterocycles. The predicted molar refractivity (Wildman–Crippen MR) is 232 cm³/mol. The maximum absolute atomic E-state index is 12.5. The van der Waals surface area contributed by atoms with Gasteiger partial charge in [-0.1, -0.05) is 258 Å². The number of hydrogen-bond acceptors (Lipinski definition) is 4. The monoisotopic (exact) mass is 752 g/mol. The second kappa shape index (κ2) is 44.1. The number of carbonyl (C=O) groups is 1. The lowest BCUT2D eigenvalue weighted by atomic mass is 10.0. The molecule has 53 heavy (non-hydrogen) atoms. The summed E-state index contributed by atoms with van der Waals surface area (Å²) in [5.74, 6) is -0.277. The molecule has 0 aromatic carbocycles. The molecule has 0 aromatic rings. The minimum absolute atomic E-state index is 0.0431. The lowest BCUT2D eigenvalue weighted by Gasteiger charge is -2.23. The van der Waals surface area contributed by atoms with Crippen molar-refractivity contribution in [1.29, 1.82) is 0 Å². The number of rotatable bonds is 45. The number of nitrogens with one attached hydrogen (secondary N) is 1. The van der Waals surface area contributed by atoms with Crippen molar-refractivity contribution in [2.24, 2.45) is 0 Å². The van der Waals surface area contributed by atoms with Gasteiger partial charge >= 0.3 is 0 Å². The largest absolute Gasteiger partial charge is 0.394 e. The Labute approximate surface area is 332 Å². The first-order chi connectivity index (χ1) is 26.0. The van der Waals surface area contributed by atoms with Crippen molar-refractivity contribution in [2.75, 3.05) is 6.61 Å². The molecular weight excluding hydrogens is 655 g/mol. The van der Waals surface area contributed by atoms with Crippen LogP contribution in [-0.2, 0) is 4.79 Å². The van der Waals surface area contributed by atoms with Gasteiger partial charge < -0.3 is 20.6 Å². The lowest BCUT2D eigenvalue weighted by Crippen LogP contribution is -2.46. The summed E-state index contributed by atoms with van der Waals surface area (Å²) in [5.41, 5.74) is 0. The summed E-state index contributed by atoms with van der Waals surface area (Å²) in [6.45, 7) is 4.29. The molecule has 0 spiro atoms. The maximum Gasteiger partial charge on any atom is 0.222 e. The summed E-state index contributed by atoms with van der Waals surface area (Å²) >= 11 is 0. The highest BCUT2D eigenvalue weighted by molar-refractivity contribution is 5.76. The molecule has 5 nitrogen and oxygen atoms in total. The molecule has 0 aromatic heterocycles. The predicted octanol–water partition coefficient (Wildman–Crippen LogP) is 14.2. The van der Waals surface area contributed by atoms with Crippen LogP contribution in [0.2, 0.25) is 0 Å². The SMILES string of the molecule is CCCCCCCCCCCCCCCCCCCCCCCCCCC(O)CC(=O)NC(CO)C(O)CCCCCCCCCCCCCCCC. The molecule has 0 saturated carbocycles. The van der Waals surface area contributed by atoms with Crippen LogP contribution in [0.5, 0.6) is 0 Å². The fraction of sp³-hybridized carbons (Fsp3) is 0.979. The third-order valence-electron chi connectivity index (χ3n) is 11.7. The number of hydrogen-bond donors (Lipinski definition) is 4. The van der Waals surface area contributed by atoms with E-state index in [1.165, 1.54) is 218 Å². The van der Waals surface area contributed by atoms with E-state index in [0.717, 1.165) is 25.7 Å². The normalized spacial score (nSPS) is 13.4. The van der Waals surface area contributed by atoms with Crippen molar-refractivity contribution in [1.82, 2.24) is 5.32 Å². The molecule has 0 heterocycles. The Morgan fingerprint density at radius 3 is 0.906 bits per heavy atom. The second-order valence-corrected chi connectivity index (χ2v) is 17.1. The standard InChI is InChI=1S/C48H97NO4/c1-3-5-7-9-11-13-15-17-19-20-21-22-23-24-25-26-27-28-29-31-33-35-37-39-41-45(51)43-48(53)49-46(44-50)47(52)42-40-38-36-34-32-30-18-16-14-12-10-8-6-4-2/h45-47,50-52H,3-44H2,1-2H3,(H,49,53). The Hall–Kier alpha value is -0.650. The Morgan fingerprint density at radius 1 is 0.396 bits per heavy atom. The van der Waals surface area contributed by atoms with Crippen molar-refractivity contribution in [3.05, 3.63) is 0 Å². The highest BCUT2D eigenvalue weighted by Gasteiger charge is 2.21. The van der Waals surface area contributed by atoms with E-state index in [-0.39, 0.29) is 18.9 Å². The molecule has 3 unspecified atom stereocenters. The van der Waals surface area contributed by atoms with E-state index in [1.807, 2.05) is 0 Å². The van der Waals surface area contributed by atoms with E-state index >= 15 is 0 Å². The smallest absolute Gasteiger partial charge is 0.222 e. The van der Waals surface area contributed by atoms with Gasteiger partial charge in [-0.05, 0) is 12.8 Å². The second-order valence-electron chi connectivity index (χ2n) is 17.1. The van der Waals surface area contributed by atoms with Gasteiger partial charge in [0.25, 0.3) is 0 Å². The molecule has 3 atom stereocenters. The minimum atomic E-state index is -0.743. The van der Waals surface area contributed by atoms with E-state index in [2.05, 4.69) is 19.2 Å². The van der Waals surface area contributed by atoms with Gasteiger partial charge in [0.05, 0.1) is 31.3 Å². The average Bonchev–Trinajstić information content (AvgIpc) is 3.15. The van der Waals surface area contributed by atoms with Crippen LogP contribution in [0, 0.1) is 0 Å². The van der Waals surface area contributed by atoms with Crippen LogP contribution in [0.25, 0.3) is 0 Å². The van der Waals surface area contributed by atoms with Crippen molar-refractivity contribution in [3.63, 3.8) is 0 Å². The number of amides is 1. The van der Waals surface area contributed by atoms with Crippen LogP contribution in [0.1, 0.15) is 277 Å². The van der Waals surface area contributed by atoms with Gasteiger partial charge in [0.15, 0.2) is 0 Å². The molecule has 0 fully saturated rings. The number of aliphatic hydroxyl groups excluding tert-OH is 3. The quantitative estimate of drug-likeness (QED) is 0.0466. The molecule has 4 N–H and O–H groups in total. The van der Waals surface area contributed by atoms with Gasteiger partial charge in [-0.25, -0.2) is 0 Å². The molecule has 0 radical (unpaired) electrons. The molecule has 0 aliphatic rings. The summed E-state index contributed by atoms with van der Waals surface area (Å²) in [4.78, 5) is 12.5. The highest BCUT2D eigenvalue weighted by Crippen LogP contribution is 2.18. The summed E-state index contributed by atoms with van der Waals surface area (Å²) in [6, 6.07) is -0.652. The highest BCUT2D eigenvalue weighted by atomic mass is 16.3. The van der Waals surface area contributed by atoms with E-state index in [9.17, 15) is 20.1 Å². The molecule has 318 valence electrons. The van der Waals surface area contributed by atoms with Crippen LogP contribution in [-0.4, -0.2) is 46.1 Å². The Bertz CT molecular complexity index is 703. The zero-order chi connectivity index (χ0) is 38.7. The first-order valence-corrected chi connectivity index (χ1v) is 24.3. The fourth-order valence-corrected chi connectivity index (χ4v) is 7.94. The van der Waals surface area contributed by atoms with Gasteiger partial charge in [0, 0.05) is 0 Å².